The lowest BCUT2D eigenvalue weighted by molar-refractivity contribution is -0.0492. The highest BCUT2D eigenvalue weighted by Gasteiger charge is 2.49. The minimum Gasteiger partial charge on any atom is -0.385 e. The Morgan fingerprint density at radius 1 is 1.33 bits per heavy atom. The summed E-state index contributed by atoms with van der Waals surface area (Å²) in [6.45, 7) is 6.34. The van der Waals surface area contributed by atoms with Gasteiger partial charge in [-0.3, -0.25) is 4.98 Å². The molecule has 2 rings (SSSR count). The third kappa shape index (κ3) is 1.48. The zero-order chi connectivity index (χ0) is 11.1. The first-order valence-corrected chi connectivity index (χ1v) is 5.61. The number of rotatable bonds is 1. The van der Waals surface area contributed by atoms with E-state index in [1.165, 1.54) is 0 Å². The van der Waals surface area contributed by atoms with Crippen molar-refractivity contribution in [2.45, 2.75) is 45.6 Å². The molecule has 0 radical (unpaired) electrons. The quantitative estimate of drug-likeness (QED) is 0.764. The fourth-order valence-electron chi connectivity index (χ4n) is 2.73. The number of aryl methyl sites for hydroxylation is 1. The van der Waals surface area contributed by atoms with Crippen molar-refractivity contribution < 1.29 is 5.11 Å². The Morgan fingerprint density at radius 3 is 2.60 bits per heavy atom. The maximum Gasteiger partial charge on any atom is 0.0964 e. The molecule has 1 fully saturated rings. The van der Waals surface area contributed by atoms with E-state index in [1.54, 1.807) is 6.20 Å². The second kappa shape index (κ2) is 3.31. The second-order valence-electron chi connectivity index (χ2n) is 5.29. The van der Waals surface area contributed by atoms with Gasteiger partial charge in [0.15, 0.2) is 0 Å². The molecule has 0 bridgehead atoms. The SMILES string of the molecule is Cc1ccncc1C1(O)CCCC1(C)C. The molecule has 1 atom stereocenters. The van der Waals surface area contributed by atoms with Crippen LogP contribution in [0.4, 0.5) is 0 Å². The van der Waals surface area contributed by atoms with Crippen LogP contribution in [0.15, 0.2) is 18.5 Å². The summed E-state index contributed by atoms with van der Waals surface area (Å²) >= 11 is 0. The van der Waals surface area contributed by atoms with Crippen LogP contribution >= 0.6 is 0 Å². The van der Waals surface area contributed by atoms with Crippen LogP contribution in [0.3, 0.4) is 0 Å². The normalized spacial score (nSPS) is 29.3. The molecule has 0 spiro atoms. The van der Waals surface area contributed by atoms with Gasteiger partial charge in [0.1, 0.15) is 0 Å². The summed E-state index contributed by atoms with van der Waals surface area (Å²) in [6.07, 6.45) is 6.63. The summed E-state index contributed by atoms with van der Waals surface area (Å²) in [5.74, 6) is 0. The molecule has 0 saturated heterocycles. The highest BCUT2D eigenvalue weighted by Crippen LogP contribution is 2.52. The molecule has 0 amide bonds. The smallest absolute Gasteiger partial charge is 0.0964 e. The fourth-order valence-corrected chi connectivity index (χ4v) is 2.73. The fraction of sp³-hybridized carbons (Fsp3) is 0.615. The van der Waals surface area contributed by atoms with Gasteiger partial charge >= 0.3 is 0 Å². The number of hydrogen-bond donors (Lipinski definition) is 1. The van der Waals surface area contributed by atoms with E-state index >= 15 is 0 Å². The van der Waals surface area contributed by atoms with Gasteiger partial charge in [-0.15, -0.1) is 0 Å². The molecular weight excluding hydrogens is 186 g/mol. The standard InChI is InChI=1S/C13H19NO/c1-10-5-8-14-9-11(10)13(15)7-4-6-12(13,2)3/h5,8-9,15H,4,6-7H2,1-3H3. The molecule has 82 valence electrons. The van der Waals surface area contributed by atoms with Crippen molar-refractivity contribution in [3.05, 3.63) is 29.6 Å². The molecule has 15 heavy (non-hydrogen) atoms. The molecule has 2 nitrogen and oxygen atoms in total. The lowest BCUT2D eigenvalue weighted by Gasteiger charge is -2.37. The monoisotopic (exact) mass is 205 g/mol. The van der Waals surface area contributed by atoms with Gasteiger partial charge in [-0.2, -0.15) is 0 Å². The lowest BCUT2D eigenvalue weighted by Crippen LogP contribution is -2.37. The van der Waals surface area contributed by atoms with Gasteiger partial charge in [0.2, 0.25) is 0 Å². The van der Waals surface area contributed by atoms with Crippen molar-refractivity contribution in [1.82, 2.24) is 4.98 Å². The van der Waals surface area contributed by atoms with Gasteiger partial charge in [0.05, 0.1) is 5.60 Å². The molecule has 1 aliphatic carbocycles. The van der Waals surface area contributed by atoms with Gasteiger partial charge in [-0.1, -0.05) is 13.8 Å². The van der Waals surface area contributed by atoms with Crippen molar-refractivity contribution in [2.75, 3.05) is 0 Å². The van der Waals surface area contributed by atoms with Crippen LogP contribution < -0.4 is 0 Å². The Balaban J connectivity index is 2.50. The van der Waals surface area contributed by atoms with Gasteiger partial charge in [-0.05, 0) is 43.2 Å². The van der Waals surface area contributed by atoms with Crippen LogP contribution in [-0.2, 0) is 5.60 Å². The average Bonchev–Trinajstić information content (AvgIpc) is 2.43. The van der Waals surface area contributed by atoms with Crippen molar-refractivity contribution in [1.29, 1.82) is 0 Å². The van der Waals surface area contributed by atoms with E-state index in [-0.39, 0.29) is 5.41 Å². The molecule has 1 unspecified atom stereocenters. The third-order valence-electron chi connectivity index (χ3n) is 3.94. The van der Waals surface area contributed by atoms with Crippen molar-refractivity contribution in [3.63, 3.8) is 0 Å². The first kappa shape index (κ1) is 10.6. The highest BCUT2D eigenvalue weighted by atomic mass is 16.3. The minimum absolute atomic E-state index is 0.0409. The Morgan fingerprint density at radius 2 is 2.07 bits per heavy atom. The van der Waals surface area contributed by atoms with Crippen LogP contribution in [0.5, 0.6) is 0 Å². The number of nitrogens with zero attached hydrogens (tertiary/aromatic N) is 1. The molecule has 1 heterocycles. The second-order valence-corrected chi connectivity index (χ2v) is 5.29. The number of aliphatic hydroxyl groups is 1. The Bertz CT molecular complexity index is 373. The Hall–Kier alpha value is -0.890. The molecule has 1 aromatic heterocycles. The van der Waals surface area contributed by atoms with Crippen molar-refractivity contribution >= 4 is 0 Å². The average molecular weight is 205 g/mol. The van der Waals surface area contributed by atoms with E-state index in [4.69, 9.17) is 0 Å². The zero-order valence-corrected chi connectivity index (χ0v) is 9.75. The first-order chi connectivity index (χ1) is 6.97. The van der Waals surface area contributed by atoms with Crippen LogP contribution in [0.25, 0.3) is 0 Å². The largest absolute Gasteiger partial charge is 0.385 e. The van der Waals surface area contributed by atoms with Crippen molar-refractivity contribution in [2.24, 2.45) is 5.41 Å². The zero-order valence-electron chi connectivity index (χ0n) is 9.75. The number of hydrogen-bond acceptors (Lipinski definition) is 2. The highest BCUT2D eigenvalue weighted by molar-refractivity contribution is 5.31. The van der Waals surface area contributed by atoms with E-state index < -0.39 is 5.60 Å². The van der Waals surface area contributed by atoms with Crippen LogP contribution in [0, 0.1) is 12.3 Å². The summed E-state index contributed by atoms with van der Waals surface area (Å²) in [6, 6.07) is 1.97. The summed E-state index contributed by atoms with van der Waals surface area (Å²) in [5, 5.41) is 10.8. The van der Waals surface area contributed by atoms with Crippen LogP contribution in [-0.4, -0.2) is 10.1 Å². The van der Waals surface area contributed by atoms with Crippen LogP contribution in [0.1, 0.15) is 44.2 Å². The predicted octanol–water partition coefficient (Wildman–Crippen LogP) is 2.79. The molecule has 1 N–H and O–H groups in total. The van der Waals surface area contributed by atoms with Gasteiger partial charge < -0.3 is 5.11 Å². The first-order valence-electron chi connectivity index (χ1n) is 5.61. The van der Waals surface area contributed by atoms with Crippen LogP contribution in [0.2, 0.25) is 0 Å². The number of pyridine rings is 1. The molecule has 1 saturated carbocycles. The van der Waals surface area contributed by atoms with E-state index in [2.05, 4.69) is 18.8 Å². The van der Waals surface area contributed by atoms with Gasteiger partial charge in [0, 0.05) is 18.0 Å². The van der Waals surface area contributed by atoms with E-state index in [0.29, 0.717) is 0 Å². The predicted molar refractivity (Wildman–Crippen MR) is 60.5 cm³/mol. The van der Waals surface area contributed by atoms with Crippen molar-refractivity contribution in [3.8, 4) is 0 Å². The van der Waals surface area contributed by atoms with E-state index in [1.807, 2.05) is 19.2 Å². The molecule has 0 aromatic carbocycles. The Labute approximate surface area is 91.4 Å². The molecule has 0 aliphatic heterocycles. The van der Waals surface area contributed by atoms with Gasteiger partial charge in [0.25, 0.3) is 0 Å². The minimum atomic E-state index is -0.689. The van der Waals surface area contributed by atoms with Gasteiger partial charge in [-0.25, -0.2) is 0 Å². The maximum atomic E-state index is 10.8. The van der Waals surface area contributed by atoms with E-state index in [0.717, 1.165) is 30.4 Å². The molecule has 1 aliphatic rings. The molecule has 1 aromatic rings. The number of aromatic nitrogens is 1. The summed E-state index contributed by atoms with van der Waals surface area (Å²) in [4.78, 5) is 4.14. The Kier molecular flexibility index (Phi) is 2.34. The summed E-state index contributed by atoms with van der Waals surface area (Å²) < 4.78 is 0. The molecular formula is C13H19NO. The lowest BCUT2D eigenvalue weighted by atomic mass is 9.73. The maximum absolute atomic E-state index is 10.8. The summed E-state index contributed by atoms with van der Waals surface area (Å²) in [5.41, 5.74) is 1.42. The van der Waals surface area contributed by atoms with E-state index in [9.17, 15) is 5.11 Å². The molecule has 2 heteroatoms. The third-order valence-corrected chi connectivity index (χ3v) is 3.94. The topological polar surface area (TPSA) is 33.1 Å². The summed E-state index contributed by atoms with van der Waals surface area (Å²) in [7, 11) is 0.